The molecule has 0 bridgehead atoms. The van der Waals surface area contributed by atoms with E-state index in [1.165, 1.54) is 66.3 Å². The Balaban J connectivity index is 1.50. The highest BCUT2D eigenvalue weighted by Crippen LogP contribution is 2.57. The van der Waals surface area contributed by atoms with Gasteiger partial charge in [-0.2, -0.15) is 0 Å². The molecule has 7 aromatic rings. The Labute approximate surface area is 228 Å². The van der Waals surface area contributed by atoms with Gasteiger partial charge in [0.25, 0.3) is 0 Å². The summed E-state index contributed by atoms with van der Waals surface area (Å²) < 4.78 is 2.36. The number of aromatic nitrogens is 1. The van der Waals surface area contributed by atoms with Gasteiger partial charge in [-0.1, -0.05) is 121 Å². The SMILES string of the molecule is Cn1c2ccc(-c3ccccc3)cc2c2cc3c(cc21)C(c1ccccc1)(c1ccccc1)c1ccccc1-3. The first-order chi connectivity index (χ1) is 19.3. The fourth-order valence-electron chi connectivity index (χ4n) is 6.95. The number of aryl methyl sites for hydroxylation is 1. The zero-order valence-electron chi connectivity index (χ0n) is 21.8. The average Bonchev–Trinajstić information content (AvgIpc) is 3.46. The van der Waals surface area contributed by atoms with Gasteiger partial charge in [0, 0.05) is 28.9 Å². The molecule has 0 amide bonds. The number of hydrogen-bond acceptors (Lipinski definition) is 0. The quantitative estimate of drug-likeness (QED) is 0.229. The van der Waals surface area contributed by atoms with Crippen LogP contribution in [0.5, 0.6) is 0 Å². The first-order valence-electron chi connectivity index (χ1n) is 13.6. The Morgan fingerprint density at radius 1 is 0.436 bits per heavy atom. The highest BCUT2D eigenvalue weighted by Gasteiger charge is 2.46. The van der Waals surface area contributed by atoms with E-state index in [-0.39, 0.29) is 5.41 Å². The van der Waals surface area contributed by atoms with Gasteiger partial charge in [0.15, 0.2) is 0 Å². The molecule has 0 N–H and O–H groups in total. The second-order valence-corrected chi connectivity index (χ2v) is 10.6. The van der Waals surface area contributed by atoms with E-state index < -0.39 is 0 Å². The van der Waals surface area contributed by atoms with Crippen molar-refractivity contribution in [2.45, 2.75) is 5.41 Å². The molecule has 184 valence electrons. The summed E-state index contributed by atoms with van der Waals surface area (Å²) in [5.74, 6) is 0. The Morgan fingerprint density at radius 2 is 1.03 bits per heavy atom. The normalized spacial score (nSPS) is 13.5. The molecule has 1 aliphatic rings. The summed E-state index contributed by atoms with van der Waals surface area (Å²) in [6.07, 6.45) is 0. The smallest absolute Gasteiger partial charge is 0.0714 e. The van der Waals surface area contributed by atoms with E-state index in [0.717, 1.165) is 0 Å². The molecule has 0 radical (unpaired) electrons. The lowest BCUT2D eigenvalue weighted by Crippen LogP contribution is -2.28. The summed E-state index contributed by atoms with van der Waals surface area (Å²) >= 11 is 0. The van der Waals surface area contributed by atoms with Gasteiger partial charge in [0.05, 0.1) is 5.41 Å². The van der Waals surface area contributed by atoms with Crippen molar-refractivity contribution in [3.05, 3.63) is 168 Å². The fourth-order valence-corrected chi connectivity index (χ4v) is 6.95. The summed E-state index contributed by atoms with van der Waals surface area (Å²) in [5.41, 5.74) is 12.6. The van der Waals surface area contributed by atoms with Crippen LogP contribution in [-0.2, 0) is 12.5 Å². The van der Waals surface area contributed by atoms with Crippen LogP contribution in [0.25, 0.3) is 44.1 Å². The first-order valence-corrected chi connectivity index (χ1v) is 13.6. The summed E-state index contributed by atoms with van der Waals surface area (Å²) in [6, 6.07) is 53.5. The van der Waals surface area contributed by atoms with Gasteiger partial charge in [-0.25, -0.2) is 0 Å². The second kappa shape index (κ2) is 8.31. The molecule has 1 nitrogen and oxygen atoms in total. The third kappa shape index (κ3) is 3.02. The lowest BCUT2D eigenvalue weighted by molar-refractivity contribution is 0.768. The maximum Gasteiger partial charge on any atom is 0.0714 e. The first kappa shape index (κ1) is 22.1. The molecule has 8 rings (SSSR count). The Morgan fingerprint density at radius 3 is 1.72 bits per heavy atom. The number of rotatable bonds is 3. The summed E-state index contributed by atoms with van der Waals surface area (Å²) in [5, 5.41) is 2.60. The summed E-state index contributed by atoms with van der Waals surface area (Å²) in [7, 11) is 2.20. The van der Waals surface area contributed by atoms with Gasteiger partial charge in [-0.05, 0) is 68.8 Å². The third-order valence-electron chi connectivity index (χ3n) is 8.69. The van der Waals surface area contributed by atoms with Gasteiger partial charge in [-0.15, -0.1) is 0 Å². The molecular formula is C38H27N. The van der Waals surface area contributed by atoms with Crippen molar-refractivity contribution < 1.29 is 0 Å². The van der Waals surface area contributed by atoms with E-state index in [9.17, 15) is 0 Å². The number of benzene rings is 6. The second-order valence-electron chi connectivity index (χ2n) is 10.6. The van der Waals surface area contributed by atoms with Crippen molar-refractivity contribution in [1.82, 2.24) is 4.57 Å². The number of fused-ring (bicyclic) bond motifs is 6. The Kier molecular flexibility index (Phi) is 4.72. The van der Waals surface area contributed by atoms with Crippen LogP contribution in [0.4, 0.5) is 0 Å². The number of nitrogens with zero attached hydrogens (tertiary/aromatic N) is 1. The molecule has 1 aromatic heterocycles. The standard InChI is InChI=1S/C38H27N/c1-39-36-22-21-27(26-13-5-2-6-14-26)23-32(36)33-24-31-30-19-11-12-20-34(30)38(35(31)25-37(33)39,28-15-7-3-8-16-28)29-17-9-4-10-18-29/h2-25H,1H3. The molecule has 1 aliphatic carbocycles. The molecule has 0 atom stereocenters. The molecular weight excluding hydrogens is 470 g/mol. The van der Waals surface area contributed by atoms with Gasteiger partial charge in [0.1, 0.15) is 0 Å². The van der Waals surface area contributed by atoms with E-state index in [2.05, 4.69) is 157 Å². The van der Waals surface area contributed by atoms with Crippen molar-refractivity contribution in [1.29, 1.82) is 0 Å². The van der Waals surface area contributed by atoms with Crippen LogP contribution in [0.3, 0.4) is 0 Å². The van der Waals surface area contributed by atoms with Crippen LogP contribution >= 0.6 is 0 Å². The number of hydrogen-bond donors (Lipinski definition) is 0. The minimum absolute atomic E-state index is 0.381. The van der Waals surface area contributed by atoms with Gasteiger partial charge < -0.3 is 4.57 Å². The lowest BCUT2D eigenvalue weighted by Gasteiger charge is -2.33. The molecule has 1 heterocycles. The molecule has 0 saturated carbocycles. The molecule has 0 unspecified atom stereocenters. The maximum absolute atomic E-state index is 2.47. The van der Waals surface area contributed by atoms with E-state index in [1.807, 2.05) is 0 Å². The zero-order valence-corrected chi connectivity index (χ0v) is 21.8. The van der Waals surface area contributed by atoms with Crippen LogP contribution in [0.15, 0.2) is 146 Å². The van der Waals surface area contributed by atoms with Gasteiger partial charge in [0.2, 0.25) is 0 Å². The van der Waals surface area contributed by atoms with Crippen LogP contribution in [0.2, 0.25) is 0 Å². The molecule has 6 aromatic carbocycles. The van der Waals surface area contributed by atoms with Crippen molar-refractivity contribution in [3.63, 3.8) is 0 Å². The zero-order chi connectivity index (χ0) is 26.0. The molecule has 0 saturated heterocycles. The van der Waals surface area contributed by atoms with Gasteiger partial charge in [-0.3, -0.25) is 0 Å². The molecule has 0 spiro atoms. The highest BCUT2D eigenvalue weighted by molar-refractivity contribution is 6.12. The largest absolute Gasteiger partial charge is 0.344 e. The minimum Gasteiger partial charge on any atom is -0.344 e. The van der Waals surface area contributed by atoms with Crippen molar-refractivity contribution >= 4 is 21.8 Å². The van der Waals surface area contributed by atoms with Crippen LogP contribution in [0, 0.1) is 0 Å². The summed E-state index contributed by atoms with van der Waals surface area (Å²) in [6.45, 7) is 0. The Bertz CT molecular complexity index is 1960. The molecule has 0 fully saturated rings. The van der Waals surface area contributed by atoms with Crippen LogP contribution < -0.4 is 0 Å². The Hall–Kier alpha value is -4.88. The van der Waals surface area contributed by atoms with Crippen LogP contribution in [0.1, 0.15) is 22.3 Å². The van der Waals surface area contributed by atoms with Crippen molar-refractivity contribution in [2.75, 3.05) is 0 Å². The van der Waals surface area contributed by atoms with Crippen LogP contribution in [-0.4, -0.2) is 4.57 Å². The highest BCUT2D eigenvalue weighted by atomic mass is 14.9. The molecule has 1 heteroatoms. The topological polar surface area (TPSA) is 4.93 Å². The predicted octanol–water partition coefficient (Wildman–Crippen LogP) is 9.36. The van der Waals surface area contributed by atoms with Crippen molar-refractivity contribution in [3.8, 4) is 22.3 Å². The maximum atomic E-state index is 2.47. The minimum atomic E-state index is -0.381. The van der Waals surface area contributed by atoms with Crippen molar-refractivity contribution in [2.24, 2.45) is 7.05 Å². The average molecular weight is 498 g/mol. The van der Waals surface area contributed by atoms with Gasteiger partial charge >= 0.3 is 0 Å². The summed E-state index contributed by atoms with van der Waals surface area (Å²) in [4.78, 5) is 0. The van der Waals surface area contributed by atoms with E-state index in [1.54, 1.807) is 0 Å². The third-order valence-corrected chi connectivity index (χ3v) is 8.69. The van der Waals surface area contributed by atoms with E-state index >= 15 is 0 Å². The van der Waals surface area contributed by atoms with E-state index in [4.69, 9.17) is 0 Å². The lowest BCUT2D eigenvalue weighted by atomic mass is 9.67. The molecule has 39 heavy (non-hydrogen) atoms. The van der Waals surface area contributed by atoms with E-state index in [0.29, 0.717) is 0 Å². The molecule has 0 aliphatic heterocycles. The monoisotopic (exact) mass is 497 g/mol. The fraction of sp³-hybridized carbons (Fsp3) is 0.0526. The predicted molar refractivity (Wildman–Crippen MR) is 163 cm³/mol.